The largest absolute Gasteiger partial charge is 0.497 e. The zero-order valence-electron chi connectivity index (χ0n) is 20.1. The summed E-state index contributed by atoms with van der Waals surface area (Å²) in [5.74, 6) is 2.06. The number of rotatable bonds is 6. The number of nitrogens with zero attached hydrogens (tertiary/aromatic N) is 4. The van der Waals surface area contributed by atoms with Gasteiger partial charge in [0.05, 0.1) is 18.4 Å². The molecule has 9 heteroatoms. The molecule has 0 saturated carbocycles. The Kier molecular flexibility index (Phi) is 7.01. The predicted octanol–water partition coefficient (Wildman–Crippen LogP) is 5.31. The van der Waals surface area contributed by atoms with Gasteiger partial charge < -0.3 is 14.6 Å². The summed E-state index contributed by atoms with van der Waals surface area (Å²) in [6.45, 7) is 6.81. The molecule has 1 aliphatic rings. The highest BCUT2D eigenvalue weighted by Crippen LogP contribution is 2.44. The summed E-state index contributed by atoms with van der Waals surface area (Å²) in [5.41, 5.74) is 2.87. The van der Waals surface area contributed by atoms with Crippen LogP contribution in [-0.4, -0.2) is 33.5 Å². The molecule has 1 aromatic carbocycles. The number of nitriles is 1. The molecule has 0 saturated heterocycles. The van der Waals surface area contributed by atoms with E-state index in [1.807, 2.05) is 35.9 Å². The van der Waals surface area contributed by atoms with E-state index in [1.165, 1.54) is 16.6 Å². The predicted molar refractivity (Wildman–Crippen MR) is 136 cm³/mol. The lowest BCUT2D eigenvalue weighted by atomic mass is 9.72. The van der Waals surface area contributed by atoms with Crippen molar-refractivity contribution in [3.63, 3.8) is 0 Å². The Hall–Kier alpha value is -2.83. The van der Waals surface area contributed by atoms with Crippen LogP contribution in [0.5, 0.6) is 5.75 Å². The number of methoxy groups -OCH3 is 1. The number of hydrogen-bond donors (Lipinski definition) is 1. The molecule has 2 aromatic heterocycles. The number of amides is 1. The van der Waals surface area contributed by atoms with Crippen molar-refractivity contribution in [3.8, 4) is 23.2 Å². The van der Waals surface area contributed by atoms with Crippen LogP contribution in [-0.2, 0) is 24.7 Å². The number of hydrogen-bond acceptors (Lipinski definition) is 7. The van der Waals surface area contributed by atoms with Crippen molar-refractivity contribution in [1.82, 2.24) is 14.8 Å². The van der Waals surface area contributed by atoms with Crippen LogP contribution in [0, 0.1) is 22.7 Å². The topological polar surface area (TPSA) is 92.8 Å². The fourth-order valence-electron chi connectivity index (χ4n) is 4.28. The van der Waals surface area contributed by atoms with E-state index in [0.29, 0.717) is 27.5 Å². The van der Waals surface area contributed by atoms with Gasteiger partial charge in [-0.2, -0.15) is 5.26 Å². The zero-order chi connectivity index (χ0) is 24.5. The second-order valence-electron chi connectivity index (χ2n) is 9.56. The van der Waals surface area contributed by atoms with Crippen LogP contribution in [0.25, 0.3) is 11.4 Å². The van der Waals surface area contributed by atoms with Gasteiger partial charge in [-0.05, 0) is 48.3 Å². The minimum Gasteiger partial charge on any atom is -0.497 e. The Morgan fingerprint density at radius 1 is 1.38 bits per heavy atom. The third kappa shape index (κ3) is 4.98. The normalized spacial score (nSPS) is 15.5. The number of thiophene rings is 1. The smallest absolute Gasteiger partial charge is 0.235 e. The van der Waals surface area contributed by atoms with Crippen molar-refractivity contribution in [3.05, 3.63) is 40.3 Å². The second kappa shape index (κ2) is 9.80. The van der Waals surface area contributed by atoms with Crippen LogP contribution < -0.4 is 10.1 Å². The van der Waals surface area contributed by atoms with E-state index in [2.05, 4.69) is 42.4 Å². The van der Waals surface area contributed by atoms with Gasteiger partial charge in [0.25, 0.3) is 0 Å². The first-order valence-electron chi connectivity index (χ1n) is 11.2. The van der Waals surface area contributed by atoms with E-state index in [9.17, 15) is 10.1 Å². The average Bonchev–Trinajstić information content (AvgIpc) is 3.35. The number of nitrogens with one attached hydrogen (secondary N) is 1. The highest BCUT2D eigenvalue weighted by molar-refractivity contribution is 7.99. The average molecular weight is 496 g/mol. The molecule has 178 valence electrons. The SMILES string of the molecule is COc1cccc(-c2nnc(SCC(=O)Nc3sc4c(c3C#N)CCC(C(C)(C)C)C4)n2C)c1. The van der Waals surface area contributed by atoms with E-state index in [0.717, 1.165) is 36.1 Å². The number of thioether (sulfide) groups is 1. The minimum absolute atomic E-state index is 0.154. The first kappa shape index (κ1) is 24.3. The van der Waals surface area contributed by atoms with Crippen LogP contribution in [0.4, 0.5) is 5.00 Å². The summed E-state index contributed by atoms with van der Waals surface area (Å²) in [5, 5.41) is 22.6. The monoisotopic (exact) mass is 495 g/mol. The molecule has 1 unspecified atom stereocenters. The number of anilines is 1. The molecule has 3 aromatic rings. The van der Waals surface area contributed by atoms with Crippen molar-refractivity contribution in [2.45, 2.75) is 45.2 Å². The molecule has 1 amide bonds. The first-order chi connectivity index (χ1) is 16.2. The second-order valence-corrected chi connectivity index (χ2v) is 11.6. The van der Waals surface area contributed by atoms with Gasteiger partial charge in [0.1, 0.15) is 16.8 Å². The molecule has 0 fully saturated rings. The summed E-state index contributed by atoms with van der Waals surface area (Å²) < 4.78 is 7.16. The Balaban J connectivity index is 1.43. The van der Waals surface area contributed by atoms with Crippen LogP contribution in [0.1, 0.15) is 43.2 Å². The van der Waals surface area contributed by atoms with Gasteiger partial charge in [-0.25, -0.2) is 0 Å². The first-order valence-corrected chi connectivity index (χ1v) is 13.0. The maximum absolute atomic E-state index is 12.8. The fourth-order valence-corrected chi connectivity index (χ4v) is 6.28. The minimum atomic E-state index is -0.154. The molecule has 2 heterocycles. The highest BCUT2D eigenvalue weighted by Gasteiger charge is 2.32. The molecule has 0 spiro atoms. The van der Waals surface area contributed by atoms with E-state index in [4.69, 9.17) is 4.74 Å². The molecule has 1 aliphatic carbocycles. The van der Waals surface area contributed by atoms with Gasteiger partial charge in [0.2, 0.25) is 5.91 Å². The van der Waals surface area contributed by atoms with Crippen LogP contribution in [0.2, 0.25) is 0 Å². The molecule has 0 radical (unpaired) electrons. The van der Waals surface area contributed by atoms with Crippen LogP contribution in [0.15, 0.2) is 29.4 Å². The number of carbonyl (C=O) groups excluding carboxylic acids is 1. The third-order valence-electron chi connectivity index (χ3n) is 6.35. The van der Waals surface area contributed by atoms with Gasteiger partial charge in [-0.1, -0.05) is 44.7 Å². The molecular weight excluding hydrogens is 466 g/mol. The van der Waals surface area contributed by atoms with Gasteiger partial charge >= 0.3 is 0 Å². The summed E-state index contributed by atoms with van der Waals surface area (Å²) in [7, 11) is 3.50. The maximum Gasteiger partial charge on any atom is 0.235 e. The van der Waals surface area contributed by atoms with Crippen molar-refractivity contribution in [2.75, 3.05) is 18.2 Å². The van der Waals surface area contributed by atoms with E-state index < -0.39 is 0 Å². The third-order valence-corrected chi connectivity index (χ3v) is 8.54. The summed E-state index contributed by atoms with van der Waals surface area (Å²) >= 11 is 2.88. The zero-order valence-corrected chi connectivity index (χ0v) is 21.8. The van der Waals surface area contributed by atoms with Gasteiger partial charge in [0, 0.05) is 17.5 Å². The lowest BCUT2D eigenvalue weighted by molar-refractivity contribution is -0.113. The molecule has 0 aliphatic heterocycles. The molecule has 4 rings (SSSR count). The van der Waals surface area contributed by atoms with Crippen molar-refractivity contribution in [2.24, 2.45) is 18.4 Å². The van der Waals surface area contributed by atoms with E-state index in [1.54, 1.807) is 18.4 Å². The number of benzene rings is 1. The van der Waals surface area contributed by atoms with Crippen LogP contribution >= 0.6 is 23.1 Å². The van der Waals surface area contributed by atoms with Gasteiger partial charge in [-0.15, -0.1) is 21.5 Å². The number of aromatic nitrogens is 3. The fraction of sp³-hybridized carbons (Fsp3) is 0.440. The molecule has 0 bridgehead atoms. The number of carbonyl (C=O) groups is 1. The molecule has 34 heavy (non-hydrogen) atoms. The summed E-state index contributed by atoms with van der Waals surface area (Å²) in [6.07, 6.45) is 2.94. The Morgan fingerprint density at radius 3 is 2.88 bits per heavy atom. The van der Waals surface area contributed by atoms with Crippen molar-refractivity contribution >= 4 is 34.0 Å². The summed E-state index contributed by atoms with van der Waals surface area (Å²) in [4.78, 5) is 14.0. The number of fused-ring (bicyclic) bond motifs is 1. The van der Waals surface area contributed by atoms with Crippen LogP contribution in [0.3, 0.4) is 0 Å². The Labute approximate surface area is 208 Å². The van der Waals surface area contributed by atoms with Crippen molar-refractivity contribution < 1.29 is 9.53 Å². The van der Waals surface area contributed by atoms with E-state index >= 15 is 0 Å². The lowest BCUT2D eigenvalue weighted by Gasteiger charge is -2.33. The van der Waals surface area contributed by atoms with Gasteiger partial charge in [-0.3, -0.25) is 4.79 Å². The quantitative estimate of drug-likeness (QED) is 0.466. The molecule has 1 atom stereocenters. The molecule has 7 nitrogen and oxygen atoms in total. The highest BCUT2D eigenvalue weighted by atomic mass is 32.2. The van der Waals surface area contributed by atoms with Crippen molar-refractivity contribution in [1.29, 1.82) is 5.26 Å². The standard InChI is InChI=1S/C25H29N5O2S2/c1-25(2,3)16-9-10-18-19(13-26)23(34-20(18)12-16)27-21(31)14-33-24-29-28-22(30(24)4)15-7-6-8-17(11-15)32-5/h6-8,11,16H,9-10,12,14H2,1-5H3,(H,27,31). The number of ether oxygens (including phenoxy) is 1. The van der Waals surface area contributed by atoms with Gasteiger partial charge in [0.15, 0.2) is 11.0 Å². The molecule has 1 N–H and O–H groups in total. The maximum atomic E-state index is 12.8. The lowest BCUT2D eigenvalue weighted by Crippen LogP contribution is -2.26. The Morgan fingerprint density at radius 2 is 2.18 bits per heavy atom. The van der Waals surface area contributed by atoms with E-state index in [-0.39, 0.29) is 17.1 Å². The molecular formula is C25H29N5O2S2. The Bertz CT molecular complexity index is 1250. The summed E-state index contributed by atoms with van der Waals surface area (Å²) in [6, 6.07) is 9.95.